The van der Waals surface area contributed by atoms with E-state index in [1.165, 1.54) is 12.3 Å². The molecule has 1 saturated carbocycles. The van der Waals surface area contributed by atoms with Gasteiger partial charge < -0.3 is 5.32 Å². The van der Waals surface area contributed by atoms with Crippen molar-refractivity contribution in [2.75, 3.05) is 12.4 Å². The van der Waals surface area contributed by atoms with Crippen molar-refractivity contribution in [3.8, 4) is 0 Å². The van der Waals surface area contributed by atoms with Gasteiger partial charge in [-0.15, -0.1) is 0 Å². The van der Waals surface area contributed by atoms with Gasteiger partial charge in [-0.25, -0.2) is 18.1 Å². The van der Waals surface area contributed by atoms with E-state index in [1.54, 1.807) is 13.1 Å². The van der Waals surface area contributed by atoms with Gasteiger partial charge in [0.15, 0.2) is 0 Å². The average molecular weight is 297 g/mol. The fourth-order valence-corrected chi connectivity index (χ4v) is 3.95. The van der Waals surface area contributed by atoms with E-state index in [4.69, 9.17) is 0 Å². The summed E-state index contributed by atoms with van der Waals surface area (Å²) in [6, 6.07) is 3.12. The number of nitrogens with zero attached hydrogens (tertiary/aromatic N) is 1. The molecule has 1 aliphatic rings. The summed E-state index contributed by atoms with van der Waals surface area (Å²) in [6.07, 6.45) is 4.40. The van der Waals surface area contributed by atoms with E-state index in [2.05, 4.69) is 28.9 Å². The summed E-state index contributed by atoms with van der Waals surface area (Å²) in [6.45, 7) is 4.42. The molecule has 2 rings (SSSR count). The van der Waals surface area contributed by atoms with Crippen molar-refractivity contribution in [1.82, 2.24) is 9.71 Å². The Bertz CT molecular complexity index is 559. The third kappa shape index (κ3) is 3.49. The second kappa shape index (κ2) is 6.10. The number of anilines is 1. The van der Waals surface area contributed by atoms with Gasteiger partial charge in [0.2, 0.25) is 10.0 Å². The van der Waals surface area contributed by atoms with Gasteiger partial charge in [-0.3, -0.25) is 0 Å². The average Bonchev–Trinajstić information content (AvgIpc) is 2.43. The zero-order valence-corrected chi connectivity index (χ0v) is 13.1. The third-order valence-corrected chi connectivity index (χ3v) is 5.74. The molecule has 0 aromatic carbocycles. The number of sulfonamides is 1. The van der Waals surface area contributed by atoms with Crippen molar-refractivity contribution in [3.05, 3.63) is 18.3 Å². The summed E-state index contributed by atoms with van der Waals surface area (Å²) < 4.78 is 27.6. The number of hydrogen-bond acceptors (Lipinski definition) is 4. The first-order valence-electron chi connectivity index (χ1n) is 7.08. The van der Waals surface area contributed by atoms with Crippen molar-refractivity contribution in [1.29, 1.82) is 0 Å². The summed E-state index contributed by atoms with van der Waals surface area (Å²) in [5.74, 6) is 1.79. The van der Waals surface area contributed by atoms with Crippen molar-refractivity contribution in [3.63, 3.8) is 0 Å². The lowest BCUT2D eigenvalue weighted by Crippen LogP contribution is -2.39. The molecule has 1 aliphatic carbocycles. The van der Waals surface area contributed by atoms with Crippen LogP contribution in [0.1, 0.15) is 33.1 Å². The molecule has 3 atom stereocenters. The zero-order chi connectivity index (χ0) is 14.8. The van der Waals surface area contributed by atoms with E-state index in [-0.39, 0.29) is 10.9 Å². The number of rotatable bonds is 4. The maximum absolute atomic E-state index is 12.4. The smallest absolute Gasteiger partial charge is 0.241 e. The molecule has 1 aromatic rings. The van der Waals surface area contributed by atoms with E-state index >= 15 is 0 Å². The number of nitrogens with one attached hydrogen (secondary N) is 2. The molecule has 1 fully saturated rings. The molecular formula is C14H23N3O2S. The summed E-state index contributed by atoms with van der Waals surface area (Å²) in [5, 5.41) is 2.85. The van der Waals surface area contributed by atoms with Crippen LogP contribution in [0.25, 0.3) is 0 Å². The van der Waals surface area contributed by atoms with Gasteiger partial charge in [-0.2, -0.15) is 0 Å². The van der Waals surface area contributed by atoms with Crippen LogP contribution in [0.15, 0.2) is 23.2 Å². The Kier molecular flexibility index (Phi) is 4.65. The lowest BCUT2D eigenvalue weighted by molar-refractivity contribution is 0.242. The summed E-state index contributed by atoms with van der Waals surface area (Å²) in [7, 11) is -1.74. The number of aromatic nitrogens is 1. The molecule has 112 valence electrons. The molecular weight excluding hydrogens is 274 g/mol. The van der Waals surface area contributed by atoms with E-state index in [0.29, 0.717) is 17.7 Å². The van der Waals surface area contributed by atoms with Crippen LogP contribution in [0.3, 0.4) is 0 Å². The zero-order valence-electron chi connectivity index (χ0n) is 12.3. The second-order valence-corrected chi connectivity index (χ2v) is 7.43. The summed E-state index contributed by atoms with van der Waals surface area (Å²) >= 11 is 0. The van der Waals surface area contributed by atoms with Crippen LogP contribution in [0.5, 0.6) is 0 Å². The first-order valence-corrected chi connectivity index (χ1v) is 8.57. The molecule has 1 aromatic heterocycles. The normalized spacial score (nSPS) is 27.2. The fourth-order valence-electron chi connectivity index (χ4n) is 2.66. The molecule has 2 N–H and O–H groups in total. The summed E-state index contributed by atoms with van der Waals surface area (Å²) in [4.78, 5) is 4.30. The molecule has 20 heavy (non-hydrogen) atoms. The van der Waals surface area contributed by atoms with E-state index in [9.17, 15) is 8.42 Å². The van der Waals surface area contributed by atoms with Gasteiger partial charge in [0.25, 0.3) is 0 Å². The number of pyridine rings is 1. The molecule has 5 nitrogen and oxygen atoms in total. The molecule has 0 bridgehead atoms. The minimum Gasteiger partial charge on any atom is -0.373 e. The summed E-state index contributed by atoms with van der Waals surface area (Å²) in [5.41, 5.74) is 0. The van der Waals surface area contributed by atoms with Crippen LogP contribution in [0, 0.1) is 11.8 Å². The van der Waals surface area contributed by atoms with Gasteiger partial charge in [0.1, 0.15) is 5.82 Å². The molecule has 0 radical (unpaired) electrons. The van der Waals surface area contributed by atoms with E-state index < -0.39 is 10.0 Å². The molecule has 1 heterocycles. The molecule has 0 spiro atoms. The fraction of sp³-hybridized carbons (Fsp3) is 0.643. The SMILES string of the molecule is CNc1cc(S(=O)(=O)NC2CCC(C)C(C)C2)ccn1. The van der Waals surface area contributed by atoms with Gasteiger partial charge in [-0.1, -0.05) is 13.8 Å². The van der Waals surface area contributed by atoms with Gasteiger partial charge >= 0.3 is 0 Å². The molecule has 3 unspecified atom stereocenters. The maximum atomic E-state index is 12.4. The third-order valence-electron chi connectivity index (χ3n) is 4.22. The van der Waals surface area contributed by atoms with E-state index in [1.807, 2.05) is 0 Å². The van der Waals surface area contributed by atoms with Crippen LogP contribution in [-0.4, -0.2) is 26.5 Å². The van der Waals surface area contributed by atoms with Crippen LogP contribution in [0.2, 0.25) is 0 Å². The van der Waals surface area contributed by atoms with Crippen molar-refractivity contribution in [2.24, 2.45) is 11.8 Å². The Morgan fingerprint density at radius 1 is 1.25 bits per heavy atom. The van der Waals surface area contributed by atoms with Gasteiger partial charge in [0, 0.05) is 25.4 Å². The minimum absolute atomic E-state index is 0.0393. The van der Waals surface area contributed by atoms with Crippen molar-refractivity contribution in [2.45, 2.75) is 44.0 Å². The van der Waals surface area contributed by atoms with Gasteiger partial charge in [-0.05, 0) is 37.2 Å². The Balaban J connectivity index is 2.11. The predicted octanol–water partition coefficient (Wildman–Crippen LogP) is 2.23. The maximum Gasteiger partial charge on any atom is 0.241 e. The molecule has 0 amide bonds. The topological polar surface area (TPSA) is 71.1 Å². The van der Waals surface area contributed by atoms with Crippen molar-refractivity contribution >= 4 is 15.8 Å². The lowest BCUT2D eigenvalue weighted by Gasteiger charge is -2.32. The highest BCUT2D eigenvalue weighted by atomic mass is 32.2. The van der Waals surface area contributed by atoms with Crippen LogP contribution in [0.4, 0.5) is 5.82 Å². The van der Waals surface area contributed by atoms with Crippen LogP contribution < -0.4 is 10.0 Å². The van der Waals surface area contributed by atoms with Crippen LogP contribution in [-0.2, 0) is 10.0 Å². The first kappa shape index (κ1) is 15.3. The lowest BCUT2D eigenvalue weighted by atomic mass is 9.79. The van der Waals surface area contributed by atoms with Crippen LogP contribution >= 0.6 is 0 Å². The quantitative estimate of drug-likeness (QED) is 0.894. The first-order chi connectivity index (χ1) is 9.42. The minimum atomic E-state index is -3.46. The molecule has 0 aliphatic heterocycles. The number of hydrogen-bond donors (Lipinski definition) is 2. The Hall–Kier alpha value is -1.14. The Morgan fingerprint density at radius 2 is 2.00 bits per heavy atom. The second-order valence-electron chi connectivity index (χ2n) is 5.71. The standard InChI is InChI=1S/C14H23N3O2S/c1-10-4-5-12(8-11(10)2)17-20(18,19)13-6-7-16-14(9-13)15-3/h6-7,9-12,17H,4-5,8H2,1-3H3,(H,15,16). The predicted molar refractivity (Wildman–Crippen MR) is 80.1 cm³/mol. The highest BCUT2D eigenvalue weighted by molar-refractivity contribution is 7.89. The Morgan fingerprint density at radius 3 is 2.65 bits per heavy atom. The molecule has 6 heteroatoms. The highest BCUT2D eigenvalue weighted by Gasteiger charge is 2.28. The monoisotopic (exact) mass is 297 g/mol. The van der Waals surface area contributed by atoms with Gasteiger partial charge in [0.05, 0.1) is 4.90 Å². The van der Waals surface area contributed by atoms with Crippen molar-refractivity contribution < 1.29 is 8.42 Å². The Labute approximate surface area is 121 Å². The van der Waals surface area contributed by atoms with E-state index in [0.717, 1.165) is 19.3 Å². The molecule has 0 saturated heterocycles. The largest absolute Gasteiger partial charge is 0.373 e. The highest BCUT2D eigenvalue weighted by Crippen LogP contribution is 2.30.